The Labute approximate surface area is 117 Å². The number of aryl methyl sites for hydroxylation is 1. The summed E-state index contributed by atoms with van der Waals surface area (Å²) < 4.78 is 10.9. The maximum absolute atomic E-state index is 11.4. The molecule has 3 rings (SSSR count). The van der Waals surface area contributed by atoms with Crippen molar-refractivity contribution >= 4 is 34.0 Å². The monoisotopic (exact) mass is 352 g/mol. The molecule has 0 fully saturated rings. The number of rotatable bonds is 1. The van der Waals surface area contributed by atoms with Gasteiger partial charge in [-0.3, -0.25) is 4.79 Å². The van der Waals surface area contributed by atoms with Crippen molar-refractivity contribution in [1.82, 2.24) is 0 Å². The molecular formula is C14H9IO3. The van der Waals surface area contributed by atoms with E-state index in [1.807, 2.05) is 48.1 Å². The molecule has 0 saturated carbocycles. The minimum atomic E-state index is -0.0497. The summed E-state index contributed by atoms with van der Waals surface area (Å²) in [5.41, 5.74) is 2.74. The number of fused-ring (bicyclic) bond motifs is 2. The second-order valence-electron chi connectivity index (χ2n) is 4.12. The lowest BCUT2D eigenvalue weighted by atomic mass is 10.0. The molecule has 0 aromatic heterocycles. The zero-order chi connectivity index (χ0) is 12.7. The minimum absolute atomic E-state index is 0.0497. The summed E-state index contributed by atoms with van der Waals surface area (Å²) in [6, 6.07) is 10.6. The maximum Gasteiger partial charge on any atom is 0.192 e. The van der Waals surface area contributed by atoms with Crippen molar-refractivity contribution in [2.75, 3.05) is 0 Å². The highest BCUT2D eigenvalue weighted by Crippen LogP contribution is 2.33. The summed E-state index contributed by atoms with van der Waals surface area (Å²) >= 11 is 1.83. The molecule has 18 heavy (non-hydrogen) atoms. The first-order valence-electron chi connectivity index (χ1n) is 5.45. The van der Waals surface area contributed by atoms with Crippen LogP contribution in [0.25, 0.3) is 22.3 Å². The maximum atomic E-state index is 11.4. The average molecular weight is 352 g/mol. The third-order valence-corrected chi connectivity index (χ3v) is 3.53. The first-order valence-corrected chi connectivity index (χ1v) is 6.33. The smallest absolute Gasteiger partial charge is 0.192 e. The van der Waals surface area contributed by atoms with Gasteiger partial charge in [-0.05, 0) is 36.8 Å². The van der Waals surface area contributed by atoms with Crippen LogP contribution < -0.4 is 8.50 Å². The third kappa shape index (κ3) is 1.77. The molecule has 0 N–H and O–H groups in total. The van der Waals surface area contributed by atoms with E-state index in [-0.39, 0.29) is 5.43 Å². The number of hydrogen-bond donors (Lipinski definition) is 0. The molecule has 1 heterocycles. The fraction of sp³-hybridized carbons (Fsp3) is 0.0714. The second kappa shape index (κ2) is 4.28. The van der Waals surface area contributed by atoms with E-state index in [1.165, 1.54) is 6.07 Å². The van der Waals surface area contributed by atoms with Crippen molar-refractivity contribution < 1.29 is 7.48 Å². The van der Waals surface area contributed by atoms with Crippen LogP contribution in [-0.4, -0.2) is 0 Å². The molecule has 2 aliphatic rings. The van der Waals surface area contributed by atoms with Gasteiger partial charge in [0.25, 0.3) is 0 Å². The highest BCUT2D eigenvalue weighted by atomic mass is 127. The van der Waals surface area contributed by atoms with Crippen molar-refractivity contribution in [3.8, 4) is 17.1 Å². The average Bonchev–Trinajstić information content (AvgIpc) is 2.38. The van der Waals surface area contributed by atoms with Gasteiger partial charge >= 0.3 is 0 Å². The Morgan fingerprint density at radius 3 is 2.78 bits per heavy atom. The lowest BCUT2D eigenvalue weighted by Crippen LogP contribution is -1.99. The fourth-order valence-corrected chi connectivity index (χ4v) is 2.38. The van der Waals surface area contributed by atoms with Gasteiger partial charge in [-0.2, -0.15) is 0 Å². The summed E-state index contributed by atoms with van der Waals surface area (Å²) in [5.74, 6) is 1.34. The molecule has 0 spiro atoms. The van der Waals surface area contributed by atoms with E-state index >= 15 is 0 Å². The van der Waals surface area contributed by atoms with Crippen LogP contribution in [0.5, 0.6) is 5.75 Å². The van der Waals surface area contributed by atoms with E-state index in [9.17, 15) is 4.79 Å². The molecule has 1 aromatic rings. The van der Waals surface area contributed by atoms with Gasteiger partial charge in [0.05, 0.1) is 0 Å². The Hall–Kier alpha value is -1.56. The molecule has 90 valence electrons. The molecule has 0 radical (unpaired) electrons. The van der Waals surface area contributed by atoms with Gasteiger partial charge in [0.1, 0.15) is 17.1 Å². The summed E-state index contributed by atoms with van der Waals surface area (Å²) in [4.78, 5) is 11.4. The predicted molar refractivity (Wildman–Crippen MR) is 78.5 cm³/mol. The van der Waals surface area contributed by atoms with Crippen LogP contribution in [0.3, 0.4) is 0 Å². The van der Waals surface area contributed by atoms with Crippen LogP contribution in [0, 0.1) is 6.92 Å². The van der Waals surface area contributed by atoms with Crippen molar-refractivity contribution in [2.24, 2.45) is 0 Å². The molecule has 3 nitrogen and oxygen atoms in total. The molecule has 0 bridgehead atoms. The lowest BCUT2D eigenvalue weighted by molar-refractivity contribution is 0.614. The Morgan fingerprint density at radius 1 is 1.17 bits per heavy atom. The van der Waals surface area contributed by atoms with Crippen LogP contribution in [0.4, 0.5) is 0 Å². The lowest BCUT2D eigenvalue weighted by Gasteiger charge is -2.11. The number of hydrogen-bond acceptors (Lipinski definition) is 3. The summed E-state index contributed by atoms with van der Waals surface area (Å²) in [6.45, 7) is 2.02. The zero-order valence-corrected chi connectivity index (χ0v) is 11.7. The Balaban J connectivity index is 2.45. The van der Waals surface area contributed by atoms with Crippen LogP contribution in [0.2, 0.25) is 0 Å². The molecule has 4 heteroatoms. The third-order valence-electron chi connectivity index (χ3n) is 3.02. The van der Waals surface area contributed by atoms with Crippen LogP contribution in [0.1, 0.15) is 5.56 Å². The number of halogens is 1. The second-order valence-corrected chi connectivity index (χ2v) is 4.56. The van der Waals surface area contributed by atoms with E-state index in [0.29, 0.717) is 5.76 Å². The van der Waals surface area contributed by atoms with Gasteiger partial charge in [0, 0.05) is 23.1 Å². The molecule has 0 saturated heterocycles. The topological polar surface area (TPSA) is 39.4 Å². The molecule has 0 unspecified atom stereocenters. The van der Waals surface area contributed by atoms with Crippen molar-refractivity contribution in [1.29, 1.82) is 0 Å². The van der Waals surface area contributed by atoms with Gasteiger partial charge in [-0.15, -0.1) is 0 Å². The van der Waals surface area contributed by atoms with Gasteiger partial charge in [0.2, 0.25) is 0 Å². The molecule has 0 amide bonds. The van der Waals surface area contributed by atoms with Gasteiger partial charge < -0.3 is 7.48 Å². The Kier molecular flexibility index (Phi) is 2.74. The van der Waals surface area contributed by atoms with E-state index in [4.69, 9.17) is 7.48 Å². The van der Waals surface area contributed by atoms with Gasteiger partial charge in [0.15, 0.2) is 28.4 Å². The first-order chi connectivity index (χ1) is 8.69. The van der Waals surface area contributed by atoms with E-state index in [1.54, 1.807) is 12.1 Å². The molecule has 1 aliphatic carbocycles. The van der Waals surface area contributed by atoms with Crippen LogP contribution in [-0.2, 0) is 0 Å². The fourth-order valence-electron chi connectivity index (χ4n) is 2.11. The predicted octanol–water partition coefficient (Wildman–Crippen LogP) is 3.94. The number of benzene rings is 2. The Morgan fingerprint density at radius 2 is 2.00 bits per heavy atom. The standard InChI is InChI=1S/C14H9IO3/c1-8-11-4-2-9(16)6-13(11)17-14-7-10(18-15)3-5-12(8)14/h2-7H,1H3. The SMILES string of the molecule is Cc1c2ccc(=O)cc-2oc2cc(OI)ccc12. The Bertz CT molecular complexity index is 761. The minimum Gasteiger partial charge on any atom is -0.456 e. The van der Waals surface area contributed by atoms with Gasteiger partial charge in [-0.1, -0.05) is 0 Å². The van der Waals surface area contributed by atoms with Crippen LogP contribution >= 0.6 is 23.0 Å². The molecular weight excluding hydrogens is 343 g/mol. The first kappa shape index (κ1) is 11.5. The highest BCUT2D eigenvalue weighted by molar-refractivity contribution is 14.1. The normalized spacial score (nSPS) is 11.0. The summed E-state index contributed by atoms with van der Waals surface area (Å²) in [6.07, 6.45) is 0. The summed E-state index contributed by atoms with van der Waals surface area (Å²) in [7, 11) is 0. The van der Waals surface area contributed by atoms with E-state index in [2.05, 4.69) is 0 Å². The highest BCUT2D eigenvalue weighted by Gasteiger charge is 2.12. The molecule has 0 atom stereocenters. The largest absolute Gasteiger partial charge is 0.456 e. The van der Waals surface area contributed by atoms with Crippen molar-refractivity contribution in [3.63, 3.8) is 0 Å². The summed E-state index contributed by atoms with van der Waals surface area (Å²) in [5, 5.41) is 1.03. The van der Waals surface area contributed by atoms with Crippen LogP contribution in [0.15, 0.2) is 45.6 Å². The molecule has 1 aromatic carbocycles. The van der Waals surface area contributed by atoms with E-state index < -0.39 is 0 Å². The zero-order valence-electron chi connectivity index (χ0n) is 9.57. The van der Waals surface area contributed by atoms with Crippen molar-refractivity contribution in [3.05, 3.63) is 52.2 Å². The van der Waals surface area contributed by atoms with E-state index in [0.717, 1.165) is 27.8 Å². The quantitative estimate of drug-likeness (QED) is 0.492. The van der Waals surface area contributed by atoms with Gasteiger partial charge in [-0.25, -0.2) is 0 Å². The van der Waals surface area contributed by atoms with Crippen molar-refractivity contribution in [2.45, 2.75) is 6.92 Å². The molecule has 1 aliphatic heterocycles.